The lowest BCUT2D eigenvalue weighted by atomic mass is 10.2. The zero-order chi connectivity index (χ0) is 12.8. The van der Waals surface area contributed by atoms with Gasteiger partial charge in [0.05, 0.1) is 10.5 Å². The Kier molecular flexibility index (Phi) is 6.05. The van der Waals surface area contributed by atoms with Crippen molar-refractivity contribution in [1.82, 2.24) is 5.32 Å². The molecule has 0 saturated heterocycles. The molecule has 1 aromatic rings. The standard InChI is InChI=1S/C12H17BrFNO2/c1-8(12(16-2)17-3)15-7-9-4-5-11(14)10(13)6-9/h4-6,8,12,15H,7H2,1-3H3. The molecule has 0 aromatic heterocycles. The molecule has 0 aliphatic heterocycles. The smallest absolute Gasteiger partial charge is 0.171 e. The predicted molar refractivity (Wildman–Crippen MR) is 68.2 cm³/mol. The van der Waals surface area contributed by atoms with Gasteiger partial charge in [0.2, 0.25) is 0 Å². The summed E-state index contributed by atoms with van der Waals surface area (Å²) in [4.78, 5) is 0. The highest BCUT2D eigenvalue weighted by atomic mass is 79.9. The van der Waals surface area contributed by atoms with Crippen LogP contribution in [0.5, 0.6) is 0 Å². The molecule has 0 fully saturated rings. The largest absolute Gasteiger partial charge is 0.354 e. The summed E-state index contributed by atoms with van der Waals surface area (Å²) in [7, 11) is 3.20. The van der Waals surface area contributed by atoms with Crippen molar-refractivity contribution in [1.29, 1.82) is 0 Å². The molecule has 0 spiro atoms. The third kappa shape index (κ3) is 4.35. The van der Waals surface area contributed by atoms with Crippen LogP contribution in [-0.4, -0.2) is 26.6 Å². The van der Waals surface area contributed by atoms with Gasteiger partial charge in [-0.05, 0) is 40.5 Å². The molecule has 1 unspecified atom stereocenters. The quantitative estimate of drug-likeness (QED) is 0.820. The maximum atomic E-state index is 13.0. The number of halogens is 2. The fraction of sp³-hybridized carbons (Fsp3) is 0.500. The Morgan fingerprint density at radius 3 is 2.53 bits per heavy atom. The third-order valence-electron chi connectivity index (χ3n) is 2.49. The van der Waals surface area contributed by atoms with Crippen molar-refractivity contribution >= 4 is 15.9 Å². The minimum absolute atomic E-state index is 0.0498. The molecule has 3 nitrogen and oxygen atoms in total. The van der Waals surface area contributed by atoms with E-state index in [-0.39, 0.29) is 18.1 Å². The minimum atomic E-state index is -0.293. The van der Waals surface area contributed by atoms with Crippen molar-refractivity contribution in [3.05, 3.63) is 34.1 Å². The number of rotatable bonds is 6. The van der Waals surface area contributed by atoms with Crippen molar-refractivity contribution in [2.75, 3.05) is 14.2 Å². The van der Waals surface area contributed by atoms with Gasteiger partial charge in [0, 0.05) is 20.8 Å². The van der Waals surface area contributed by atoms with Crippen LogP contribution in [0.25, 0.3) is 0 Å². The lowest BCUT2D eigenvalue weighted by Crippen LogP contribution is -2.39. The number of nitrogens with one attached hydrogen (secondary N) is 1. The van der Waals surface area contributed by atoms with Crippen molar-refractivity contribution in [2.45, 2.75) is 25.8 Å². The van der Waals surface area contributed by atoms with Gasteiger partial charge < -0.3 is 14.8 Å². The Morgan fingerprint density at radius 1 is 1.35 bits per heavy atom. The summed E-state index contributed by atoms with van der Waals surface area (Å²) in [5.41, 5.74) is 0.996. The van der Waals surface area contributed by atoms with Crippen LogP contribution in [0, 0.1) is 5.82 Å². The molecule has 1 rings (SSSR count). The normalized spacial score (nSPS) is 13.1. The van der Waals surface area contributed by atoms with Crippen molar-refractivity contribution in [2.24, 2.45) is 0 Å². The van der Waals surface area contributed by atoms with Crippen LogP contribution in [0.2, 0.25) is 0 Å². The molecule has 0 saturated carbocycles. The first kappa shape index (κ1) is 14.6. The van der Waals surface area contributed by atoms with E-state index in [0.29, 0.717) is 11.0 Å². The second-order valence-corrected chi connectivity index (χ2v) is 4.61. The van der Waals surface area contributed by atoms with Gasteiger partial charge in [0.25, 0.3) is 0 Å². The number of hydrogen-bond acceptors (Lipinski definition) is 3. The van der Waals surface area contributed by atoms with Gasteiger partial charge in [-0.3, -0.25) is 0 Å². The summed E-state index contributed by atoms with van der Waals surface area (Å²) < 4.78 is 23.8. The summed E-state index contributed by atoms with van der Waals surface area (Å²) in [6.07, 6.45) is -0.293. The molecule has 1 N–H and O–H groups in total. The first-order valence-corrected chi connectivity index (χ1v) is 6.10. The van der Waals surface area contributed by atoms with E-state index >= 15 is 0 Å². The first-order valence-electron chi connectivity index (χ1n) is 5.31. The van der Waals surface area contributed by atoms with Crippen LogP contribution in [0.4, 0.5) is 4.39 Å². The monoisotopic (exact) mass is 305 g/mol. The Bertz CT molecular complexity index is 358. The summed E-state index contributed by atoms with van der Waals surface area (Å²) in [5.74, 6) is -0.256. The number of hydrogen-bond donors (Lipinski definition) is 1. The van der Waals surface area contributed by atoms with Gasteiger partial charge >= 0.3 is 0 Å². The minimum Gasteiger partial charge on any atom is -0.354 e. The molecule has 1 atom stereocenters. The average Bonchev–Trinajstić information content (AvgIpc) is 2.32. The lowest BCUT2D eigenvalue weighted by molar-refractivity contribution is -0.119. The molecular weight excluding hydrogens is 289 g/mol. The molecule has 17 heavy (non-hydrogen) atoms. The molecular formula is C12H17BrFNO2. The zero-order valence-electron chi connectivity index (χ0n) is 10.2. The van der Waals surface area contributed by atoms with Crippen LogP contribution in [0.3, 0.4) is 0 Å². The van der Waals surface area contributed by atoms with E-state index in [1.54, 1.807) is 26.4 Å². The molecule has 0 aliphatic rings. The molecule has 96 valence electrons. The Hall–Kier alpha value is -0.490. The van der Waals surface area contributed by atoms with E-state index in [4.69, 9.17) is 9.47 Å². The van der Waals surface area contributed by atoms with Crippen LogP contribution in [-0.2, 0) is 16.0 Å². The molecule has 1 aromatic carbocycles. The van der Waals surface area contributed by atoms with Gasteiger partial charge in [-0.1, -0.05) is 6.07 Å². The second kappa shape index (κ2) is 7.06. The highest BCUT2D eigenvalue weighted by Crippen LogP contribution is 2.16. The van der Waals surface area contributed by atoms with Crippen LogP contribution < -0.4 is 5.32 Å². The molecule has 0 heterocycles. The van der Waals surface area contributed by atoms with Gasteiger partial charge in [0.1, 0.15) is 5.82 Å². The topological polar surface area (TPSA) is 30.5 Å². The SMILES string of the molecule is COC(OC)C(C)NCc1ccc(F)c(Br)c1. The molecule has 0 aliphatic carbocycles. The highest BCUT2D eigenvalue weighted by molar-refractivity contribution is 9.10. The average molecular weight is 306 g/mol. The van der Waals surface area contributed by atoms with Crippen molar-refractivity contribution < 1.29 is 13.9 Å². The summed E-state index contributed by atoms with van der Waals surface area (Å²) >= 11 is 3.16. The Morgan fingerprint density at radius 2 is 2.00 bits per heavy atom. The van der Waals surface area contributed by atoms with E-state index in [0.717, 1.165) is 5.56 Å². The third-order valence-corrected chi connectivity index (χ3v) is 3.09. The van der Waals surface area contributed by atoms with Gasteiger partial charge in [-0.2, -0.15) is 0 Å². The molecule has 0 radical (unpaired) electrons. The van der Waals surface area contributed by atoms with E-state index < -0.39 is 0 Å². The summed E-state index contributed by atoms with van der Waals surface area (Å²) in [5, 5.41) is 3.25. The van der Waals surface area contributed by atoms with Crippen LogP contribution >= 0.6 is 15.9 Å². The van der Waals surface area contributed by atoms with E-state index in [1.807, 2.05) is 6.92 Å². The number of methoxy groups -OCH3 is 2. The molecule has 0 bridgehead atoms. The molecule has 0 amide bonds. The van der Waals surface area contributed by atoms with Gasteiger partial charge in [-0.15, -0.1) is 0 Å². The Balaban J connectivity index is 2.52. The summed E-state index contributed by atoms with van der Waals surface area (Å²) in [6.45, 7) is 2.60. The first-order chi connectivity index (χ1) is 8.08. The predicted octanol–water partition coefficient (Wildman–Crippen LogP) is 2.69. The Labute approximate surface area is 109 Å². The van der Waals surface area contributed by atoms with Crippen LogP contribution in [0.15, 0.2) is 22.7 Å². The number of benzene rings is 1. The fourth-order valence-corrected chi connectivity index (χ4v) is 1.96. The zero-order valence-corrected chi connectivity index (χ0v) is 11.8. The van der Waals surface area contributed by atoms with E-state index in [1.165, 1.54) is 6.07 Å². The van der Waals surface area contributed by atoms with Gasteiger partial charge in [-0.25, -0.2) is 4.39 Å². The highest BCUT2D eigenvalue weighted by Gasteiger charge is 2.14. The molecule has 5 heteroatoms. The maximum absolute atomic E-state index is 13.0. The number of ether oxygens (including phenoxy) is 2. The van der Waals surface area contributed by atoms with Crippen LogP contribution in [0.1, 0.15) is 12.5 Å². The van der Waals surface area contributed by atoms with E-state index in [9.17, 15) is 4.39 Å². The van der Waals surface area contributed by atoms with Crippen molar-refractivity contribution in [3.8, 4) is 0 Å². The fourth-order valence-electron chi connectivity index (χ4n) is 1.53. The summed E-state index contributed by atoms with van der Waals surface area (Å²) in [6, 6.07) is 4.99. The second-order valence-electron chi connectivity index (χ2n) is 3.76. The van der Waals surface area contributed by atoms with E-state index in [2.05, 4.69) is 21.2 Å². The van der Waals surface area contributed by atoms with Gasteiger partial charge in [0.15, 0.2) is 6.29 Å². The van der Waals surface area contributed by atoms with Crippen molar-refractivity contribution in [3.63, 3.8) is 0 Å². The lowest BCUT2D eigenvalue weighted by Gasteiger charge is -2.22. The maximum Gasteiger partial charge on any atom is 0.171 e.